The molecule has 1 fully saturated rings. The molecule has 1 aromatic heterocycles. The molecule has 0 aromatic carbocycles. The summed E-state index contributed by atoms with van der Waals surface area (Å²) in [5.41, 5.74) is -0.513. The number of amides is 1. The fraction of sp³-hybridized carbons (Fsp3) is 0.692. The molecular weight excluding hydrogens is 264 g/mol. The lowest BCUT2D eigenvalue weighted by atomic mass is 10.1. The van der Waals surface area contributed by atoms with E-state index in [2.05, 4.69) is 4.98 Å². The van der Waals surface area contributed by atoms with E-state index in [0.717, 1.165) is 9.88 Å². The molecule has 1 aromatic rings. The maximum Gasteiger partial charge on any atom is 0.410 e. The maximum absolute atomic E-state index is 12.0. The van der Waals surface area contributed by atoms with E-state index >= 15 is 0 Å². The number of hydrogen-bond acceptors (Lipinski definition) is 5. The van der Waals surface area contributed by atoms with E-state index in [0.29, 0.717) is 13.1 Å². The molecule has 106 valence electrons. The van der Waals surface area contributed by atoms with Gasteiger partial charge in [0.25, 0.3) is 0 Å². The first-order valence-electron chi connectivity index (χ1n) is 6.34. The van der Waals surface area contributed by atoms with Gasteiger partial charge in [-0.15, -0.1) is 11.3 Å². The predicted octanol–water partition coefficient (Wildman–Crippen LogP) is 2.15. The van der Waals surface area contributed by atoms with Crippen molar-refractivity contribution < 1.29 is 14.6 Å². The van der Waals surface area contributed by atoms with Gasteiger partial charge < -0.3 is 14.7 Å². The first-order chi connectivity index (χ1) is 8.76. The van der Waals surface area contributed by atoms with E-state index in [-0.39, 0.29) is 12.0 Å². The van der Waals surface area contributed by atoms with Gasteiger partial charge in [-0.25, -0.2) is 9.78 Å². The second kappa shape index (κ2) is 5.09. The SMILES string of the molecule is Cc1ncc([C@@H]2CN(C(=O)OC(C)(C)C)C[C@H]2O)s1. The van der Waals surface area contributed by atoms with Crippen LogP contribution in [0.2, 0.25) is 0 Å². The largest absolute Gasteiger partial charge is 0.444 e. The summed E-state index contributed by atoms with van der Waals surface area (Å²) < 4.78 is 5.32. The zero-order chi connectivity index (χ0) is 14.2. The number of hydrogen-bond donors (Lipinski definition) is 1. The summed E-state index contributed by atoms with van der Waals surface area (Å²) in [5.74, 6) is -0.0567. The van der Waals surface area contributed by atoms with Crippen molar-refractivity contribution >= 4 is 17.4 Å². The van der Waals surface area contributed by atoms with E-state index in [9.17, 15) is 9.90 Å². The highest BCUT2D eigenvalue weighted by molar-refractivity contribution is 7.11. The van der Waals surface area contributed by atoms with Gasteiger partial charge in [-0.05, 0) is 27.7 Å². The number of β-amino-alcohol motifs (C(OH)–C–C–N with tert-alkyl or cyclic N) is 1. The van der Waals surface area contributed by atoms with Crippen LogP contribution < -0.4 is 0 Å². The molecule has 5 nitrogen and oxygen atoms in total. The first-order valence-corrected chi connectivity index (χ1v) is 7.16. The average Bonchev–Trinajstić information content (AvgIpc) is 2.82. The summed E-state index contributed by atoms with van der Waals surface area (Å²) in [7, 11) is 0. The summed E-state index contributed by atoms with van der Waals surface area (Å²) in [5, 5.41) is 11.1. The van der Waals surface area contributed by atoms with Gasteiger partial charge in [0.1, 0.15) is 5.60 Å². The number of aliphatic hydroxyl groups excluding tert-OH is 1. The van der Waals surface area contributed by atoms with Crippen LogP contribution in [0, 0.1) is 6.92 Å². The summed E-state index contributed by atoms with van der Waals surface area (Å²) >= 11 is 1.57. The van der Waals surface area contributed by atoms with Crippen LogP contribution in [0.5, 0.6) is 0 Å². The van der Waals surface area contributed by atoms with Crippen LogP contribution in [-0.2, 0) is 4.74 Å². The second-order valence-electron chi connectivity index (χ2n) is 5.84. The second-order valence-corrected chi connectivity index (χ2v) is 7.11. The molecule has 6 heteroatoms. The Kier molecular flexibility index (Phi) is 3.82. The number of carbonyl (C=O) groups excluding carboxylic acids is 1. The summed E-state index contributed by atoms with van der Waals surface area (Å²) in [4.78, 5) is 18.8. The quantitative estimate of drug-likeness (QED) is 0.858. The molecule has 0 saturated carbocycles. The Balaban J connectivity index is 2.03. The van der Waals surface area contributed by atoms with Crippen molar-refractivity contribution in [2.75, 3.05) is 13.1 Å². The van der Waals surface area contributed by atoms with Gasteiger partial charge in [0.2, 0.25) is 0 Å². The van der Waals surface area contributed by atoms with E-state index in [1.807, 2.05) is 27.7 Å². The monoisotopic (exact) mass is 284 g/mol. The minimum absolute atomic E-state index is 0.0567. The van der Waals surface area contributed by atoms with Crippen LogP contribution in [0.15, 0.2) is 6.20 Å². The zero-order valence-corrected chi connectivity index (χ0v) is 12.5. The molecule has 1 aliphatic heterocycles. The number of aliphatic hydroxyl groups is 1. The fourth-order valence-electron chi connectivity index (χ4n) is 2.09. The van der Waals surface area contributed by atoms with Gasteiger partial charge in [0, 0.05) is 23.5 Å². The zero-order valence-electron chi connectivity index (χ0n) is 11.7. The molecule has 2 atom stereocenters. The Hall–Kier alpha value is -1.14. The third kappa shape index (κ3) is 3.45. The van der Waals surface area contributed by atoms with Gasteiger partial charge >= 0.3 is 6.09 Å². The van der Waals surface area contributed by atoms with Gasteiger partial charge in [-0.3, -0.25) is 0 Å². The van der Waals surface area contributed by atoms with Crippen LogP contribution in [0.3, 0.4) is 0 Å². The molecular formula is C13H20N2O3S. The van der Waals surface area contributed by atoms with Gasteiger partial charge in [0.15, 0.2) is 0 Å². The molecule has 0 radical (unpaired) electrons. The minimum Gasteiger partial charge on any atom is -0.444 e. The first kappa shape index (κ1) is 14.3. The number of thiazole rings is 1. The van der Waals surface area contributed by atoms with Crippen molar-refractivity contribution in [1.82, 2.24) is 9.88 Å². The average molecular weight is 284 g/mol. The van der Waals surface area contributed by atoms with Crippen molar-refractivity contribution in [3.63, 3.8) is 0 Å². The lowest BCUT2D eigenvalue weighted by Gasteiger charge is -2.24. The van der Waals surface area contributed by atoms with Gasteiger partial charge in [-0.1, -0.05) is 0 Å². The van der Waals surface area contributed by atoms with Gasteiger partial charge in [-0.2, -0.15) is 0 Å². The van der Waals surface area contributed by atoms with Crippen LogP contribution >= 0.6 is 11.3 Å². The number of aromatic nitrogens is 1. The van der Waals surface area contributed by atoms with Crippen molar-refractivity contribution in [1.29, 1.82) is 0 Å². The number of likely N-dealkylation sites (tertiary alicyclic amines) is 1. The van der Waals surface area contributed by atoms with E-state index in [4.69, 9.17) is 4.74 Å². The smallest absolute Gasteiger partial charge is 0.410 e. The molecule has 1 N–H and O–H groups in total. The molecule has 2 rings (SSSR count). The third-order valence-electron chi connectivity index (χ3n) is 2.95. The highest BCUT2D eigenvalue weighted by atomic mass is 32.1. The molecule has 1 saturated heterocycles. The molecule has 19 heavy (non-hydrogen) atoms. The number of aryl methyl sites for hydroxylation is 1. The Bertz CT molecular complexity index is 467. The van der Waals surface area contributed by atoms with Crippen LogP contribution in [0.25, 0.3) is 0 Å². The molecule has 0 aliphatic carbocycles. The highest BCUT2D eigenvalue weighted by Gasteiger charge is 2.37. The standard InChI is InChI=1S/C13H20N2O3S/c1-8-14-5-11(19-8)9-6-15(7-10(9)16)12(17)18-13(2,3)4/h5,9-10,16H,6-7H2,1-4H3/t9-,10-/m1/s1. The summed E-state index contributed by atoms with van der Waals surface area (Å²) in [6.45, 7) is 8.24. The highest BCUT2D eigenvalue weighted by Crippen LogP contribution is 2.31. The van der Waals surface area contributed by atoms with E-state index < -0.39 is 11.7 Å². The van der Waals surface area contributed by atoms with Crippen LogP contribution in [0.4, 0.5) is 4.79 Å². The molecule has 0 spiro atoms. The molecule has 2 heterocycles. The minimum atomic E-state index is -0.549. The predicted molar refractivity (Wildman–Crippen MR) is 73.4 cm³/mol. The van der Waals surface area contributed by atoms with E-state index in [1.54, 1.807) is 22.4 Å². The molecule has 0 bridgehead atoms. The van der Waals surface area contributed by atoms with Crippen LogP contribution in [-0.4, -0.2) is 45.9 Å². The van der Waals surface area contributed by atoms with Crippen molar-refractivity contribution in [3.8, 4) is 0 Å². The summed E-state index contributed by atoms with van der Waals surface area (Å²) in [6.07, 6.45) is 0.870. The molecule has 0 unspecified atom stereocenters. The number of carbonyl (C=O) groups is 1. The number of rotatable bonds is 1. The number of nitrogens with zero attached hydrogens (tertiary/aromatic N) is 2. The number of ether oxygens (including phenoxy) is 1. The van der Waals surface area contributed by atoms with Crippen molar-refractivity contribution in [3.05, 3.63) is 16.1 Å². The van der Waals surface area contributed by atoms with Gasteiger partial charge in [0.05, 0.1) is 17.7 Å². The Labute approximate surface area is 117 Å². The normalized spacial score (nSPS) is 23.7. The van der Waals surface area contributed by atoms with Crippen LogP contribution in [0.1, 0.15) is 36.6 Å². The van der Waals surface area contributed by atoms with E-state index in [1.165, 1.54) is 0 Å². The molecule has 1 amide bonds. The summed E-state index contributed by atoms with van der Waals surface area (Å²) in [6, 6.07) is 0. The maximum atomic E-state index is 12.0. The third-order valence-corrected chi connectivity index (χ3v) is 3.99. The Morgan fingerprint density at radius 1 is 1.53 bits per heavy atom. The lowest BCUT2D eigenvalue weighted by Crippen LogP contribution is -2.35. The Morgan fingerprint density at radius 2 is 2.21 bits per heavy atom. The fourth-order valence-corrected chi connectivity index (χ4v) is 3.03. The Morgan fingerprint density at radius 3 is 2.74 bits per heavy atom. The lowest BCUT2D eigenvalue weighted by molar-refractivity contribution is 0.0270. The molecule has 1 aliphatic rings. The van der Waals surface area contributed by atoms with Crippen molar-refractivity contribution in [2.45, 2.75) is 45.3 Å². The van der Waals surface area contributed by atoms with Crippen molar-refractivity contribution in [2.24, 2.45) is 0 Å². The topological polar surface area (TPSA) is 62.7 Å².